The first-order valence-electron chi connectivity index (χ1n) is 5.98. The summed E-state index contributed by atoms with van der Waals surface area (Å²) in [6.45, 7) is 5.36. The van der Waals surface area contributed by atoms with E-state index in [0.29, 0.717) is 5.75 Å². The topological polar surface area (TPSA) is 62.1 Å². The predicted octanol–water partition coefficient (Wildman–Crippen LogP) is 2.88. The molecule has 0 spiro atoms. The molecule has 1 aromatic rings. The van der Waals surface area contributed by atoms with Gasteiger partial charge in [-0.1, -0.05) is 26.0 Å². The zero-order chi connectivity index (χ0) is 14.5. The van der Waals surface area contributed by atoms with E-state index < -0.39 is 5.54 Å². The van der Waals surface area contributed by atoms with E-state index in [2.05, 4.69) is 27.3 Å². The molecule has 19 heavy (non-hydrogen) atoms. The second-order valence-electron chi connectivity index (χ2n) is 4.74. The molecule has 4 nitrogen and oxygen atoms in total. The minimum absolute atomic E-state index is 0.0184. The number of para-hydroxylation sites is 1. The number of nitrogens with zero attached hydrogens (tertiary/aromatic N) is 1. The maximum atomic E-state index is 11.8. The van der Waals surface area contributed by atoms with E-state index in [4.69, 9.17) is 10.00 Å². The quantitative estimate of drug-likeness (QED) is 0.905. The van der Waals surface area contributed by atoms with Gasteiger partial charge in [0, 0.05) is 0 Å². The first-order chi connectivity index (χ1) is 8.89. The molecule has 0 bridgehead atoms. The number of benzene rings is 1. The van der Waals surface area contributed by atoms with Gasteiger partial charge in [0.05, 0.1) is 10.5 Å². The highest BCUT2D eigenvalue weighted by Crippen LogP contribution is 2.23. The summed E-state index contributed by atoms with van der Waals surface area (Å²) in [6.07, 6.45) is 0. The van der Waals surface area contributed by atoms with Crippen molar-refractivity contribution in [3.05, 3.63) is 28.7 Å². The van der Waals surface area contributed by atoms with Gasteiger partial charge in [-0.3, -0.25) is 4.79 Å². The first-order valence-corrected chi connectivity index (χ1v) is 6.78. The number of nitrogens with one attached hydrogen (secondary N) is 1. The Labute approximate surface area is 121 Å². The fraction of sp³-hybridized carbons (Fsp3) is 0.429. The monoisotopic (exact) mass is 324 g/mol. The molecule has 0 radical (unpaired) electrons. The number of hydrogen-bond donors (Lipinski definition) is 1. The van der Waals surface area contributed by atoms with Gasteiger partial charge in [0.1, 0.15) is 11.3 Å². The summed E-state index contributed by atoms with van der Waals surface area (Å²) < 4.78 is 6.19. The van der Waals surface area contributed by atoms with E-state index in [1.807, 2.05) is 32.0 Å². The molecule has 1 N–H and O–H groups in total. The van der Waals surface area contributed by atoms with Crippen LogP contribution in [-0.4, -0.2) is 18.1 Å². The molecular weight excluding hydrogens is 308 g/mol. The van der Waals surface area contributed by atoms with Crippen LogP contribution in [0.4, 0.5) is 0 Å². The largest absolute Gasteiger partial charge is 0.483 e. The van der Waals surface area contributed by atoms with Crippen molar-refractivity contribution >= 4 is 21.8 Å². The third kappa shape index (κ3) is 4.25. The average Bonchev–Trinajstić information content (AvgIpc) is 2.37. The number of rotatable bonds is 5. The van der Waals surface area contributed by atoms with E-state index in [1.54, 1.807) is 13.0 Å². The smallest absolute Gasteiger partial charge is 0.259 e. The van der Waals surface area contributed by atoms with Crippen LogP contribution in [0.2, 0.25) is 0 Å². The highest BCUT2D eigenvalue weighted by molar-refractivity contribution is 9.10. The van der Waals surface area contributed by atoms with Crippen LogP contribution in [0, 0.1) is 17.2 Å². The summed E-state index contributed by atoms with van der Waals surface area (Å²) in [6, 6.07) is 9.41. The average molecular weight is 325 g/mol. The number of amides is 1. The van der Waals surface area contributed by atoms with E-state index in [0.717, 1.165) is 4.47 Å². The summed E-state index contributed by atoms with van der Waals surface area (Å²) in [4.78, 5) is 11.8. The summed E-state index contributed by atoms with van der Waals surface area (Å²) >= 11 is 3.34. The molecule has 1 amide bonds. The SMILES string of the molecule is CC(C)[C@](C)(C#N)NC(=O)COc1ccccc1Br. The zero-order valence-corrected chi connectivity index (χ0v) is 12.8. The number of carbonyl (C=O) groups excluding carboxylic acids is 1. The van der Waals surface area contributed by atoms with E-state index in [-0.39, 0.29) is 18.4 Å². The Kier molecular flexibility index (Phi) is 5.37. The van der Waals surface area contributed by atoms with Crippen molar-refractivity contribution in [2.24, 2.45) is 5.92 Å². The second kappa shape index (κ2) is 6.58. The molecule has 1 atom stereocenters. The van der Waals surface area contributed by atoms with Gasteiger partial charge in [-0.05, 0) is 40.9 Å². The normalized spacial score (nSPS) is 13.5. The van der Waals surface area contributed by atoms with Crippen LogP contribution in [0.15, 0.2) is 28.7 Å². The van der Waals surface area contributed by atoms with E-state index in [9.17, 15) is 4.79 Å². The Bertz CT molecular complexity index is 496. The minimum Gasteiger partial charge on any atom is -0.483 e. The van der Waals surface area contributed by atoms with Crippen molar-refractivity contribution < 1.29 is 9.53 Å². The van der Waals surface area contributed by atoms with Gasteiger partial charge in [0.25, 0.3) is 5.91 Å². The summed E-state index contributed by atoms with van der Waals surface area (Å²) in [5.74, 6) is 0.305. The van der Waals surface area contributed by atoms with Crippen molar-refractivity contribution in [1.82, 2.24) is 5.32 Å². The van der Waals surface area contributed by atoms with Crippen molar-refractivity contribution in [1.29, 1.82) is 5.26 Å². The molecule has 0 saturated carbocycles. The van der Waals surface area contributed by atoms with Crippen molar-refractivity contribution in [2.75, 3.05) is 6.61 Å². The van der Waals surface area contributed by atoms with Crippen LogP contribution in [0.25, 0.3) is 0 Å². The minimum atomic E-state index is -0.881. The molecule has 0 aliphatic rings. The van der Waals surface area contributed by atoms with E-state index in [1.165, 1.54) is 0 Å². The number of halogens is 1. The Morgan fingerprint density at radius 3 is 2.68 bits per heavy atom. The lowest BCUT2D eigenvalue weighted by molar-refractivity contribution is -0.124. The third-order valence-electron chi connectivity index (χ3n) is 2.98. The Balaban J connectivity index is 2.58. The maximum Gasteiger partial charge on any atom is 0.259 e. The molecular formula is C14H17BrN2O2. The van der Waals surface area contributed by atoms with Gasteiger partial charge in [-0.15, -0.1) is 0 Å². The van der Waals surface area contributed by atoms with Crippen LogP contribution in [0.3, 0.4) is 0 Å². The molecule has 0 fully saturated rings. The van der Waals surface area contributed by atoms with Gasteiger partial charge in [-0.2, -0.15) is 5.26 Å². The number of nitriles is 1. The number of ether oxygens (including phenoxy) is 1. The highest BCUT2D eigenvalue weighted by atomic mass is 79.9. The second-order valence-corrected chi connectivity index (χ2v) is 5.59. The lowest BCUT2D eigenvalue weighted by atomic mass is 9.90. The maximum absolute atomic E-state index is 11.8. The first kappa shape index (κ1) is 15.5. The molecule has 0 unspecified atom stereocenters. The van der Waals surface area contributed by atoms with Gasteiger partial charge < -0.3 is 10.1 Å². The third-order valence-corrected chi connectivity index (χ3v) is 3.64. The standard InChI is InChI=1S/C14H17BrN2O2/c1-10(2)14(3,9-16)17-13(18)8-19-12-7-5-4-6-11(12)15/h4-7,10H,8H2,1-3H3,(H,17,18)/t14-/m0/s1. The van der Waals surface area contributed by atoms with Crippen LogP contribution in [0.5, 0.6) is 5.75 Å². The molecule has 102 valence electrons. The fourth-order valence-corrected chi connectivity index (χ4v) is 1.73. The molecule has 1 rings (SSSR count). The van der Waals surface area contributed by atoms with Crippen LogP contribution < -0.4 is 10.1 Å². The highest BCUT2D eigenvalue weighted by Gasteiger charge is 2.30. The lowest BCUT2D eigenvalue weighted by Crippen LogP contribution is -2.50. The van der Waals surface area contributed by atoms with Crippen molar-refractivity contribution in [2.45, 2.75) is 26.3 Å². The van der Waals surface area contributed by atoms with Crippen molar-refractivity contribution in [3.8, 4) is 11.8 Å². The summed E-state index contributed by atoms with van der Waals surface area (Å²) in [7, 11) is 0. The van der Waals surface area contributed by atoms with Crippen LogP contribution >= 0.6 is 15.9 Å². The molecule has 0 saturated heterocycles. The zero-order valence-electron chi connectivity index (χ0n) is 11.2. The predicted molar refractivity (Wildman–Crippen MR) is 76.6 cm³/mol. The number of carbonyl (C=O) groups is 1. The van der Waals surface area contributed by atoms with Crippen LogP contribution in [0.1, 0.15) is 20.8 Å². The summed E-state index contributed by atoms with van der Waals surface area (Å²) in [5, 5.41) is 11.8. The molecule has 0 aromatic heterocycles. The molecule has 0 aliphatic heterocycles. The fourth-order valence-electron chi connectivity index (χ4n) is 1.33. The number of hydrogen-bond acceptors (Lipinski definition) is 3. The Hall–Kier alpha value is -1.54. The van der Waals surface area contributed by atoms with Gasteiger partial charge in [0.15, 0.2) is 6.61 Å². The van der Waals surface area contributed by atoms with Gasteiger partial charge in [0.2, 0.25) is 0 Å². The molecule has 0 aliphatic carbocycles. The molecule has 0 heterocycles. The molecule has 1 aromatic carbocycles. The lowest BCUT2D eigenvalue weighted by Gasteiger charge is -2.27. The van der Waals surface area contributed by atoms with Gasteiger partial charge >= 0.3 is 0 Å². The van der Waals surface area contributed by atoms with E-state index >= 15 is 0 Å². The van der Waals surface area contributed by atoms with Crippen molar-refractivity contribution in [3.63, 3.8) is 0 Å². The van der Waals surface area contributed by atoms with Crippen LogP contribution in [-0.2, 0) is 4.79 Å². The summed E-state index contributed by atoms with van der Waals surface area (Å²) in [5.41, 5.74) is -0.881. The Morgan fingerprint density at radius 2 is 2.16 bits per heavy atom. The van der Waals surface area contributed by atoms with Gasteiger partial charge in [-0.25, -0.2) is 0 Å². The molecule has 5 heteroatoms. The Morgan fingerprint density at radius 1 is 1.53 bits per heavy atom.